The number of amides is 2. The Bertz CT molecular complexity index is 2100. The molecule has 4 atom stereocenters. The number of carbonyl (C=O) groups is 4. The predicted molar refractivity (Wildman–Crippen MR) is 215 cm³/mol. The molecule has 0 saturated carbocycles. The molecule has 1 saturated heterocycles. The zero-order chi connectivity index (χ0) is 41.5. The van der Waals surface area contributed by atoms with Crippen molar-refractivity contribution in [3.05, 3.63) is 80.8 Å². The average Bonchev–Trinajstić information content (AvgIpc) is 3.19. The number of aromatic nitrogens is 1. The summed E-state index contributed by atoms with van der Waals surface area (Å²) >= 11 is 0. The maximum Gasteiger partial charge on any atom is 0.342 e. The maximum atomic E-state index is 13.8. The van der Waals surface area contributed by atoms with Crippen LogP contribution >= 0.6 is 0 Å². The molecule has 3 aliphatic rings. The fraction of sp³-hybridized carbons (Fsp3) is 0.477. The minimum Gasteiger partial charge on any atom is -0.507 e. The second-order valence-corrected chi connectivity index (χ2v) is 15.4. The first-order valence-corrected chi connectivity index (χ1v) is 19.9. The summed E-state index contributed by atoms with van der Waals surface area (Å²) in [4.78, 5) is 67.7. The van der Waals surface area contributed by atoms with Crippen molar-refractivity contribution in [3.63, 3.8) is 0 Å². The summed E-state index contributed by atoms with van der Waals surface area (Å²) in [6.07, 6.45) is 6.38. The number of pyridine rings is 1. The summed E-state index contributed by atoms with van der Waals surface area (Å²) in [6.45, 7) is 3.33. The number of cyclic esters (lactones) is 1. The topological polar surface area (TPSA) is 183 Å². The number of ether oxygens (including phenoxy) is 4. The number of aromatic hydroxyl groups is 2. The van der Waals surface area contributed by atoms with Gasteiger partial charge in [0.05, 0.1) is 27.4 Å². The normalized spacial score (nSPS) is 20.1. The molecular weight excluding hydrogens is 746 g/mol. The van der Waals surface area contributed by atoms with E-state index in [9.17, 15) is 34.2 Å². The monoisotopic (exact) mass is 799 g/mol. The number of benzene rings is 2. The molecule has 58 heavy (non-hydrogen) atoms. The van der Waals surface area contributed by atoms with Crippen LogP contribution in [-0.2, 0) is 25.7 Å². The van der Waals surface area contributed by atoms with Crippen LogP contribution in [0.4, 0.5) is 0 Å². The minimum atomic E-state index is -1.06. The molecule has 14 nitrogen and oxygen atoms in total. The van der Waals surface area contributed by atoms with Gasteiger partial charge in [0.2, 0.25) is 17.6 Å². The van der Waals surface area contributed by atoms with Crippen LogP contribution in [0.3, 0.4) is 0 Å². The Morgan fingerprint density at radius 2 is 1.71 bits per heavy atom. The van der Waals surface area contributed by atoms with Crippen molar-refractivity contribution in [1.29, 1.82) is 0 Å². The molecule has 3 aliphatic heterocycles. The second kappa shape index (κ2) is 18.6. The van der Waals surface area contributed by atoms with Gasteiger partial charge < -0.3 is 43.9 Å². The molecule has 3 unspecified atom stereocenters. The number of ketones is 1. The van der Waals surface area contributed by atoms with Crippen LogP contribution in [0.2, 0.25) is 0 Å². The van der Waals surface area contributed by atoms with E-state index in [0.29, 0.717) is 63.7 Å². The van der Waals surface area contributed by atoms with Crippen LogP contribution < -0.4 is 25.1 Å². The zero-order valence-corrected chi connectivity index (χ0v) is 33.6. The number of methoxy groups -OCH3 is 3. The SMILES string of the molecule is COc1cc(C(CC(=O)NCCC(=O)N2CC3CC(C2)c2cccc(=O)n2C3)c2c(O)cc3c(c2O)C(=O)O[C@@H](C)CCCC(=O)CCCC=C3)cc(OC)c1OC. The number of Topliss-reactive ketones (excluding diaryl/α,β-unsaturated/α-hetero) is 1. The standard InChI is InChI=1S/C44H53N3O11/c1-26-10-8-13-31(48)12-7-5-6-11-28-19-34(49)41(42(53)40(28)44(54)58-26)32(29-20-35(55-2)43(57-4)36(21-29)56-3)22-37(50)45-17-16-38(51)46-23-27-18-30(25-46)33-14-9-15-39(52)47(33)24-27/h6,9,11,14-15,19-21,26-27,30,32,49,53H,5,7-8,10,12-13,16-18,22-25H2,1-4H3,(H,45,50)/t26-,27?,30?,32?/m0/s1. The highest BCUT2D eigenvalue weighted by atomic mass is 16.5. The van der Waals surface area contributed by atoms with E-state index in [4.69, 9.17) is 18.9 Å². The van der Waals surface area contributed by atoms with E-state index in [0.717, 1.165) is 12.1 Å². The molecule has 310 valence electrons. The molecule has 1 aromatic heterocycles. The molecular formula is C44H53N3O11. The minimum absolute atomic E-state index is 0.0316. The van der Waals surface area contributed by atoms with Gasteiger partial charge in [-0.3, -0.25) is 19.2 Å². The molecule has 0 spiro atoms. The summed E-state index contributed by atoms with van der Waals surface area (Å²) in [5, 5.41) is 26.5. The highest BCUT2D eigenvalue weighted by Gasteiger charge is 2.36. The summed E-state index contributed by atoms with van der Waals surface area (Å²) < 4.78 is 24.3. The lowest BCUT2D eigenvalue weighted by molar-refractivity contribution is -0.134. The first-order chi connectivity index (χ1) is 27.9. The number of rotatable bonds is 10. The third-order valence-corrected chi connectivity index (χ3v) is 11.4. The largest absolute Gasteiger partial charge is 0.507 e. The number of hydrogen-bond donors (Lipinski definition) is 3. The van der Waals surface area contributed by atoms with Crippen LogP contribution in [0.15, 0.2) is 47.3 Å². The van der Waals surface area contributed by atoms with E-state index >= 15 is 0 Å². The number of allylic oxidation sites excluding steroid dienone is 1. The number of nitrogens with zero attached hydrogens (tertiary/aromatic N) is 2. The highest BCUT2D eigenvalue weighted by Crippen LogP contribution is 2.48. The van der Waals surface area contributed by atoms with E-state index in [2.05, 4.69) is 5.32 Å². The number of phenolic OH excluding ortho intramolecular Hbond substituents is 2. The number of phenols is 2. The number of piperidine rings is 1. The third-order valence-electron chi connectivity index (χ3n) is 11.4. The molecule has 0 radical (unpaired) electrons. The van der Waals surface area contributed by atoms with Gasteiger partial charge in [-0.25, -0.2) is 4.79 Å². The maximum absolute atomic E-state index is 13.8. The van der Waals surface area contributed by atoms with Crippen molar-refractivity contribution >= 4 is 29.6 Å². The van der Waals surface area contributed by atoms with Gasteiger partial charge in [0.25, 0.3) is 5.56 Å². The Balaban J connectivity index is 1.28. The highest BCUT2D eigenvalue weighted by molar-refractivity contribution is 5.98. The van der Waals surface area contributed by atoms with Gasteiger partial charge in [-0.15, -0.1) is 0 Å². The van der Waals surface area contributed by atoms with Crippen LogP contribution in [0.25, 0.3) is 6.08 Å². The van der Waals surface area contributed by atoms with Crippen LogP contribution in [0, 0.1) is 5.92 Å². The molecule has 4 heterocycles. The van der Waals surface area contributed by atoms with Crippen LogP contribution in [0.1, 0.15) is 109 Å². The van der Waals surface area contributed by atoms with E-state index in [1.54, 1.807) is 43.3 Å². The molecule has 2 aromatic carbocycles. The van der Waals surface area contributed by atoms with Crippen molar-refractivity contribution in [1.82, 2.24) is 14.8 Å². The summed E-state index contributed by atoms with van der Waals surface area (Å²) in [7, 11) is 4.33. The number of esters is 1. The number of fused-ring (bicyclic) bond motifs is 5. The number of hydrogen-bond acceptors (Lipinski definition) is 11. The lowest BCUT2D eigenvalue weighted by atomic mass is 9.83. The van der Waals surface area contributed by atoms with Gasteiger partial charge in [-0.2, -0.15) is 0 Å². The third kappa shape index (κ3) is 9.32. The lowest BCUT2D eigenvalue weighted by Gasteiger charge is -2.42. The molecule has 3 aromatic rings. The predicted octanol–water partition coefficient (Wildman–Crippen LogP) is 5.44. The summed E-state index contributed by atoms with van der Waals surface area (Å²) in [6, 6.07) is 9.82. The van der Waals surface area contributed by atoms with Gasteiger partial charge in [-0.05, 0) is 80.3 Å². The smallest absolute Gasteiger partial charge is 0.342 e. The Morgan fingerprint density at radius 3 is 2.43 bits per heavy atom. The van der Waals surface area contributed by atoms with Crippen LogP contribution in [-0.4, -0.2) is 90.3 Å². The lowest BCUT2D eigenvalue weighted by Crippen LogP contribution is -2.49. The first kappa shape index (κ1) is 41.8. The van der Waals surface area contributed by atoms with Gasteiger partial charge in [0.15, 0.2) is 11.5 Å². The van der Waals surface area contributed by atoms with E-state index in [-0.39, 0.29) is 88.2 Å². The number of likely N-dealkylation sites (tertiary alicyclic amines) is 1. The fourth-order valence-corrected chi connectivity index (χ4v) is 8.53. The Hall–Kier alpha value is -5.79. The molecule has 2 amide bonds. The van der Waals surface area contributed by atoms with Crippen molar-refractivity contribution in [2.24, 2.45) is 5.92 Å². The average molecular weight is 800 g/mol. The van der Waals surface area contributed by atoms with Gasteiger partial charge >= 0.3 is 5.97 Å². The summed E-state index contributed by atoms with van der Waals surface area (Å²) in [5.41, 5.74) is 1.24. The van der Waals surface area contributed by atoms with Gasteiger partial charge in [0.1, 0.15) is 22.8 Å². The molecule has 3 N–H and O–H groups in total. The Morgan fingerprint density at radius 1 is 0.966 bits per heavy atom. The number of carbonyl (C=O) groups excluding carboxylic acids is 4. The molecule has 14 heteroatoms. The van der Waals surface area contributed by atoms with Crippen molar-refractivity contribution in [3.8, 4) is 28.7 Å². The molecule has 0 aliphatic carbocycles. The molecule has 2 bridgehead atoms. The van der Waals surface area contributed by atoms with Crippen molar-refractivity contribution in [2.75, 3.05) is 41.0 Å². The first-order valence-electron chi connectivity index (χ1n) is 19.9. The Labute approximate surface area is 337 Å². The van der Waals surface area contributed by atoms with Crippen molar-refractivity contribution in [2.45, 2.75) is 89.2 Å². The van der Waals surface area contributed by atoms with Gasteiger partial charge in [-0.1, -0.05) is 18.2 Å². The zero-order valence-electron chi connectivity index (χ0n) is 33.6. The molecule has 1 fully saturated rings. The van der Waals surface area contributed by atoms with Gasteiger partial charge in [0, 0.05) is 81.0 Å². The number of nitrogens with one attached hydrogen (secondary N) is 1. The fourth-order valence-electron chi connectivity index (χ4n) is 8.53. The summed E-state index contributed by atoms with van der Waals surface area (Å²) in [5.74, 6) is -2.24. The van der Waals surface area contributed by atoms with Crippen LogP contribution in [0.5, 0.6) is 28.7 Å². The molecule has 6 rings (SSSR count). The second-order valence-electron chi connectivity index (χ2n) is 15.4. The van der Waals surface area contributed by atoms with E-state index < -0.39 is 29.6 Å². The van der Waals surface area contributed by atoms with E-state index in [1.165, 1.54) is 27.4 Å². The van der Waals surface area contributed by atoms with Crippen molar-refractivity contribution < 1.29 is 48.3 Å². The van der Waals surface area contributed by atoms with E-state index in [1.807, 2.05) is 15.5 Å². The Kier molecular flexibility index (Phi) is 13.4. The quantitative estimate of drug-likeness (QED) is 0.222.